The topological polar surface area (TPSA) is 26.0 Å². The Bertz CT molecular complexity index is 283. The molecule has 72 valence electrons. The lowest BCUT2D eigenvalue weighted by Gasteiger charge is -2.10. The fraction of sp³-hybridized carbons (Fsp3) is 0.455. The Morgan fingerprint density at radius 3 is 2.62 bits per heavy atom. The molecule has 0 fully saturated rings. The standard InChI is InChI=1S/C11H16ClN/c1-8-3-4-10(9(2)5-8)6-11(13)7-12/h3-5,11H,6-7,13H2,1-2H3/t11-/m1/s1. The molecule has 0 bridgehead atoms. The average molecular weight is 198 g/mol. The van der Waals surface area contributed by atoms with Gasteiger partial charge in [-0.05, 0) is 31.4 Å². The van der Waals surface area contributed by atoms with Crippen LogP contribution in [0, 0.1) is 13.8 Å². The molecule has 0 aliphatic rings. The molecule has 1 atom stereocenters. The van der Waals surface area contributed by atoms with Crippen LogP contribution in [0.1, 0.15) is 16.7 Å². The van der Waals surface area contributed by atoms with E-state index in [1.54, 1.807) is 0 Å². The Morgan fingerprint density at radius 2 is 2.08 bits per heavy atom. The van der Waals surface area contributed by atoms with Gasteiger partial charge in [-0.3, -0.25) is 0 Å². The molecular formula is C11H16ClN. The highest BCUT2D eigenvalue weighted by Crippen LogP contribution is 2.12. The summed E-state index contributed by atoms with van der Waals surface area (Å²) in [5.74, 6) is 0.521. The molecular weight excluding hydrogens is 182 g/mol. The van der Waals surface area contributed by atoms with E-state index in [1.165, 1.54) is 16.7 Å². The largest absolute Gasteiger partial charge is 0.326 e. The van der Waals surface area contributed by atoms with Crippen LogP contribution in [-0.2, 0) is 6.42 Å². The van der Waals surface area contributed by atoms with Gasteiger partial charge in [0.15, 0.2) is 0 Å². The maximum atomic E-state index is 5.78. The Morgan fingerprint density at radius 1 is 1.38 bits per heavy atom. The summed E-state index contributed by atoms with van der Waals surface area (Å²) in [5.41, 5.74) is 9.68. The Hall–Kier alpha value is -0.530. The van der Waals surface area contributed by atoms with Crippen molar-refractivity contribution in [1.82, 2.24) is 0 Å². The van der Waals surface area contributed by atoms with Gasteiger partial charge in [-0.1, -0.05) is 23.8 Å². The van der Waals surface area contributed by atoms with Gasteiger partial charge in [-0.2, -0.15) is 0 Å². The third kappa shape index (κ3) is 3.02. The molecule has 0 aliphatic carbocycles. The average Bonchev–Trinajstić information content (AvgIpc) is 2.09. The second-order valence-corrected chi connectivity index (χ2v) is 3.86. The second-order valence-electron chi connectivity index (χ2n) is 3.55. The normalized spacial score (nSPS) is 12.9. The van der Waals surface area contributed by atoms with E-state index in [1.807, 2.05) is 0 Å². The molecule has 0 aliphatic heterocycles. The number of alkyl halides is 1. The van der Waals surface area contributed by atoms with Crippen molar-refractivity contribution in [2.75, 3.05) is 5.88 Å². The minimum atomic E-state index is 0.0723. The van der Waals surface area contributed by atoms with Crippen LogP contribution in [0.2, 0.25) is 0 Å². The molecule has 1 aromatic rings. The van der Waals surface area contributed by atoms with Gasteiger partial charge in [0, 0.05) is 11.9 Å². The zero-order valence-electron chi connectivity index (χ0n) is 8.18. The quantitative estimate of drug-likeness (QED) is 0.741. The van der Waals surface area contributed by atoms with E-state index >= 15 is 0 Å². The highest BCUT2D eigenvalue weighted by Gasteiger charge is 2.04. The van der Waals surface area contributed by atoms with Gasteiger partial charge in [0.25, 0.3) is 0 Å². The number of hydrogen-bond donors (Lipinski definition) is 1. The van der Waals surface area contributed by atoms with E-state index in [-0.39, 0.29) is 6.04 Å². The predicted octanol–water partition coefficient (Wildman–Crippen LogP) is 2.41. The first-order valence-electron chi connectivity index (χ1n) is 4.51. The number of hydrogen-bond acceptors (Lipinski definition) is 1. The van der Waals surface area contributed by atoms with Crippen LogP contribution in [0.5, 0.6) is 0 Å². The summed E-state index contributed by atoms with van der Waals surface area (Å²) < 4.78 is 0. The first kappa shape index (κ1) is 10.6. The molecule has 0 spiro atoms. The fourth-order valence-corrected chi connectivity index (χ4v) is 1.52. The molecule has 0 aromatic heterocycles. The van der Waals surface area contributed by atoms with E-state index in [2.05, 4.69) is 32.0 Å². The van der Waals surface area contributed by atoms with Crippen molar-refractivity contribution < 1.29 is 0 Å². The summed E-state index contributed by atoms with van der Waals surface area (Å²) in [5, 5.41) is 0. The third-order valence-corrected chi connectivity index (χ3v) is 2.57. The first-order valence-corrected chi connectivity index (χ1v) is 5.04. The lowest BCUT2D eigenvalue weighted by Crippen LogP contribution is -2.24. The van der Waals surface area contributed by atoms with Gasteiger partial charge in [0.05, 0.1) is 0 Å². The maximum Gasteiger partial charge on any atom is 0.0378 e. The summed E-state index contributed by atoms with van der Waals surface area (Å²) in [6, 6.07) is 6.50. The van der Waals surface area contributed by atoms with E-state index in [9.17, 15) is 0 Å². The van der Waals surface area contributed by atoms with Crippen molar-refractivity contribution in [3.63, 3.8) is 0 Å². The molecule has 0 saturated heterocycles. The van der Waals surface area contributed by atoms with E-state index < -0.39 is 0 Å². The van der Waals surface area contributed by atoms with Crippen molar-refractivity contribution in [2.24, 2.45) is 5.73 Å². The van der Waals surface area contributed by atoms with Crippen LogP contribution in [0.25, 0.3) is 0 Å². The van der Waals surface area contributed by atoms with Crippen LogP contribution >= 0.6 is 11.6 Å². The number of benzene rings is 1. The molecule has 2 N–H and O–H groups in total. The van der Waals surface area contributed by atoms with Crippen molar-refractivity contribution in [3.8, 4) is 0 Å². The van der Waals surface area contributed by atoms with Crippen molar-refractivity contribution >= 4 is 11.6 Å². The highest BCUT2D eigenvalue weighted by atomic mass is 35.5. The molecule has 0 saturated carbocycles. The monoisotopic (exact) mass is 197 g/mol. The highest BCUT2D eigenvalue weighted by molar-refractivity contribution is 6.18. The van der Waals surface area contributed by atoms with E-state index in [4.69, 9.17) is 17.3 Å². The Balaban J connectivity index is 2.77. The van der Waals surface area contributed by atoms with Gasteiger partial charge < -0.3 is 5.73 Å². The van der Waals surface area contributed by atoms with Crippen LogP contribution in [0.3, 0.4) is 0 Å². The minimum absolute atomic E-state index is 0.0723. The fourth-order valence-electron chi connectivity index (χ4n) is 1.41. The van der Waals surface area contributed by atoms with Crippen LogP contribution in [-0.4, -0.2) is 11.9 Å². The third-order valence-electron chi connectivity index (χ3n) is 2.18. The summed E-state index contributed by atoms with van der Waals surface area (Å²) in [4.78, 5) is 0. The Labute approximate surface area is 84.9 Å². The number of rotatable bonds is 3. The zero-order chi connectivity index (χ0) is 9.84. The van der Waals surface area contributed by atoms with Gasteiger partial charge in [-0.25, -0.2) is 0 Å². The van der Waals surface area contributed by atoms with Gasteiger partial charge in [0.1, 0.15) is 0 Å². The lowest BCUT2D eigenvalue weighted by atomic mass is 10.0. The molecule has 1 nitrogen and oxygen atoms in total. The van der Waals surface area contributed by atoms with Crippen LogP contribution in [0.15, 0.2) is 18.2 Å². The number of aryl methyl sites for hydroxylation is 2. The smallest absolute Gasteiger partial charge is 0.0378 e. The van der Waals surface area contributed by atoms with E-state index in [0.717, 1.165) is 6.42 Å². The maximum absolute atomic E-state index is 5.78. The van der Waals surface area contributed by atoms with Gasteiger partial charge in [0.2, 0.25) is 0 Å². The van der Waals surface area contributed by atoms with E-state index in [0.29, 0.717) is 5.88 Å². The lowest BCUT2D eigenvalue weighted by molar-refractivity contribution is 0.741. The molecule has 2 heteroatoms. The molecule has 0 heterocycles. The van der Waals surface area contributed by atoms with Gasteiger partial charge in [-0.15, -0.1) is 11.6 Å². The minimum Gasteiger partial charge on any atom is -0.326 e. The van der Waals surface area contributed by atoms with Crippen LogP contribution < -0.4 is 5.73 Å². The summed E-state index contributed by atoms with van der Waals surface area (Å²) in [6.45, 7) is 4.21. The van der Waals surface area contributed by atoms with Crippen molar-refractivity contribution in [2.45, 2.75) is 26.3 Å². The molecule has 0 amide bonds. The molecule has 13 heavy (non-hydrogen) atoms. The predicted molar refractivity (Wildman–Crippen MR) is 58.3 cm³/mol. The first-order chi connectivity index (χ1) is 6.13. The number of halogens is 1. The van der Waals surface area contributed by atoms with Crippen molar-refractivity contribution in [3.05, 3.63) is 34.9 Å². The second kappa shape index (κ2) is 4.64. The van der Waals surface area contributed by atoms with Crippen LogP contribution in [0.4, 0.5) is 0 Å². The van der Waals surface area contributed by atoms with Gasteiger partial charge >= 0.3 is 0 Å². The molecule has 1 aromatic carbocycles. The Kier molecular flexibility index (Phi) is 3.76. The molecule has 1 rings (SSSR count). The molecule has 0 unspecified atom stereocenters. The summed E-state index contributed by atoms with van der Waals surface area (Å²) in [6.07, 6.45) is 0.871. The van der Waals surface area contributed by atoms with Crippen molar-refractivity contribution in [1.29, 1.82) is 0 Å². The summed E-state index contributed by atoms with van der Waals surface area (Å²) in [7, 11) is 0. The SMILES string of the molecule is Cc1ccc(C[C@@H](N)CCl)c(C)c1. The summed E-state index contributed by atoms with van der Waals surface area (Å²) >= 11 is 5.66. The zero-order valence-corrected chi connectivity index (χ0v) is 8.93. The molecule has 0 radical (unpaired) electrons. The number of nitrogens with two attached hydrogens (primary N) is 1.